The van der Waals surface area contributed by atoms with E-state index in [1.807, 2.05) is 37.5 Å². The standard InChI is InChI=1S/C21H33N5O4/c1-5-6-7-17(27)23-15-12-16(20(29)30)19(22-13-15)26-10-8-25(9-11-26)14-18(28)24-21(2,3)4/h12-13H,5-11,14H2,1-4H3,(H,23,27)(H,24,28)(H,29,30). The van der Waals surface area contributed by atoms with Crippen LogP contribution in [0.4, 0.5) is 11.5 Å². The first-order chi connectivity index (χ1) is 14.1. The van der Waals surface area contributed by atoms with E-state index in [2.05, 4.69) is 15.6 Å². The number of carbonyl (C=O) groups excluding carboxylic acids is 2. The Morgan fingerprint density at radius 1 is 1.13 bits per heavy atom. The molecule has 0 aromatic carbocycles. The maximum Gasteiger partial charge on any atom is 0.339 e. The van der Waals surface area contributed by atoms with Gasteiger partial charge in [-0.3, -0.25) is 14.5 Å². The molecule has 3 N–H and O–H groups in total. The number of aromatic carboxylic acids is 1. The van der Waals surface area contributed by atoms with Crippen LogP contribution in [0.15, 0.2) is 12.3 Å². The van der Waals surface area contributed by atoms with Crippen LogP contribution in [0.25, 0.3) is 0 Å². The molecule has 166 valence electrons. The first-order valence-corrected chi connectivity index (χ1v) is 10.4. The molecule has 2 amide bonds. The zero-order valence-corrected chi connectivity index (χ0v) is 18.3. The smallest absolute Gasteiger partial charge is 0.339 e. The van der Waals surface area contributed by atoms with E-state index in [1.54, 1.807) is 0 Å². The largest absolute Gasteiger partial charge is 0.478 e. The minimum atomic E-state index is -1.09. The molecule has 1 saturated heterocycles. The van der Waals surface area contributed by atoms with E-state index in [0.29, 0.717) is 50.6 Å². The fourth-order valence-electron chi connectivity index (χ4n) is 3.27. The van der Waals surface area contributed by atoms with Gasteiger partial charge in [-0.25, -0.2) is 9.78 Å². The molecule has 0 radical (unpaired) electrons. The molecule has 1 aliphatic heterocycles. The van der Waals surface area contributed by atoms with Crippen molar-refractivity contribution in [3.05, 3.63) is 17.8 Å². The van der Waals surface area contributed by atoms with Gasteiger partial charge in [0.25, 0.3) is 0 Å². The normalized spacial score (nSPS) is 15.0. The molecular weight excluding hydrogens is 386 g/mol. The Morgan fingerprint density at radius 3 is 2.37 bits per heavy atom. The predicted octanol–water partition coefficient (Wildman–Crippen LogP) is 1.95. The Kier molecular flexibility index (Phi) is 8.16. The average Bonchev–Trinajstić information content (AvgIpc) is 2.65. The van der Waals surface area contributed by atoms with Crippen LogP contribution in [0.5, 0.6) is 0 Å². The number of carbonyl (C=O) groups is 3. The molecule has 0 atom stereocenters. The highest BCUT2D eigenvalue weighted by Gasteiger charge is 2.25. The van der Waals surface area contributed by atoms with E-state index < -0.39 is 5.97 Å². The molecule has 1 fully saturated rings. The molecule has 0 saturated carbocycles. The van der Waals surface area contributed by atoms with Gasteiger partial charge in [0.05, 0.1) is 18.4 Å². The molecule has 1 aromatic heterocycles. The molecule has 0 unspecified atom stereocenters. The summed E-state index contributed by atoms with van der Waals surface area (Å²) in [5.41, 5.74) is 0.171. The number of aromatic nitrogens is 1. The molecule has 1 aromatic rings. The molecule has 1 aliphatic rings. The second kappa shape index (κ2) is 10.4. The molecule has 2 rings (SSSR count). The Morgan fingerprint density at radius 2 is 1.80 bits per heavy atom. The summed E-state index contributed by atoms with van der Waals surface area (Å²) in [7, 11) is 0. The van der Waals surface area contributed by atoms with Crippen molar-refractivity contribution in [3.63, 3.8) is 0 Å². The number of carboxylic acids is 1. The molecule has 30 heavy (non-hydrogen) atoms. The summed E-state index contributed by atoms with van der Waals surface area (Å²) in [5.74, 6) is -0.879. The zero-order chi connectivity index (χ0) is 22.3. The third-order valence-electron chi connectivity index (χ3n) is 4.69. The SMILES string of the molecule is CCCCC(=O)Nc1cnc(N2CCN(CC(=O)NC(C)(C)C)CC2)c(C(=O)O)c1. The van der Waals surface area contributed by atoms with Gasteiger partial charge in [-0.05, 0) is 33.3 Å². The number of piperazine rings is 1. The number of carboxylic acid groups (broad SMARTS) is 1. The molecule has 0 bridgehead atoms. The van der Waals surface area contributed by atoms with Crippen molar-refractivity contribution < 1.29 is 19.5 Å². The maximum absolute atomic E-state index is 12.1. The second-order valence-corrected chi connectivity index (χ2v) is 8.61. The third kappa shape index (κ3) is 7.29. The van der Waals surface area contributed by atoms with Gasteiger partial charge in [0, 0.05) is 38.1 Å². The molecular formula is C21H33N5O4. The number of unbranched alkanes of at least 4 members (excludes halogenated alkanes) is 1. The fraction of sp³-hybridized carbons (Fsp3) is 0.619. The zero-order valence-electron chi connectivity index (χ0n) is 18.3. The van der Waals surface area contributed by atoms with Gasteiger partial charge in [-0.2, -0.15) is 0 Å². The molecule has 0 aliphatic carbocycles. The molecule has 0 spiro atoms. The van der Waals surface area contributed by atoms with Crippen molar-refractivity contribution in [2.24, 2.45) is 0 Å². The highest BCUT2D eigenvalue weighted by molar-refractivity contribution is 5.97. The Bertz CT molecular complexity index is 767. The topological polar surface area (TPSA) is 115 Å². The van der Waals surface area contributed by atoms with Crippen molar-refractivity contribution in [1.82, 2.24) is 15.2 Å². The monoisotopic (exact) mass is 419 g/mol. The summed E-state index contributed by atoms with van der Waals surface area (Å²) in [6, 6.07) is 1.46. The summed E-state index contributed by atoms with van der Waals surface area (Å²) in [5, 5.41) is 15.3. The van der Waals surface area contributed by atoms with Crippen LogP contribution in [0.2, 0.25) is 0 Å². The number of nitrogens with one attached hydrogen (secondary N) is 2. The minimum absolute atomic E-state index is 0.0246. The van der Waals surface area contributed by atoms with Gasteiger partial charge in [0.2, 0.25) is 11.8 Å². The van der Waals surface area contributed by atoms with Crippen LogP contribution in [-0.2, 0) is 9.59 Å². The second-order valence-electron chi connectivity index (χ2n) is 8.61. The summed E-state index contributed by atoms with van der Waals surface area (Å²) < 4.78 is 0. The predicted molar refractivity (Wildman–Crippen MR) is 116 cm³/mol. The van der Waals surface area contributed by atoms with Crippen LogP contribution in [0, 0.1) is 0 Å². The van der Waals surface area contributed by atoms with E-state index in [1.165, 1.54) is 12.3 Å². The Hall–Kier alpha value is -2.68. The lowest BCUT2D eigenvalue weighted by Crippen LogP contribution is -2.52. The van der Waals surface area contributed by atoms with Crippen LogP contribution in [-0.4, -0.2) is 71.0 Å². The average molecular weight is 420 g/mol. The highest BCUT2D eigenvalue weighted by atomic mass is 16.4. The van der Waals surface area contributed by atoms with Gasteiger partial charge in [-0.15, -0.1) is 0 Å². The summed E-state index contributed by atoms with van der Waals surface area (Å²) in [4.78, 5) is 44.1. The number of hydrogen-bond acceptors (Lipinski definition) is 6. The van der Waals surface area contributed by atoms with Crippen molar-refractivity contribution in [3.8, 4) is 0 Å². The lowest BCUT2D eigenvalue weighted by molar-refractivity contribution is -0.123. The van der Waals surface area contributed by atoms with Gasteiger partial charge < -0.3 is 20.6 Å². The van der Waals surface area contributed by atoms with Crippen molar-refractivity contribution in [2.75, 3.05) is 42.9 Å². The van der Waals surface area contributed by atoms with Gasteiger partial charge in [0.15, 0.2) is 0 Å². The van der Waals surface area contributed by atoms with E-state index in [4.69, 9.17) is 0 Å². The number of pyridine rings is 1. The van der Waals surface area contributed by atoms with E-state index in [-0.39, 0.29) is 22.9 Å². The molecule has 9 nitrogen and oxygen atoms in total. The van der Waals surface area contributed by atoms with Crippen molar-refractivity contribution in [1.29, 1.82) is 0 Å². The quantitative estimate of drug-likeness (QED) is 0.590. The van der Waals surface area contributed by atoms with Crippen molar-refractivity contribution >= 4 is 29.3 Å². The molecule has 9 heteroatoms. The Balaban J connectivity index is 2.00. The fourth-order valence-corrected chi connectivity index (χ4v) is 3.27. The molecule has 2 heterocycles. The number of anilines is 2. The number of hydrogen-bond donors (Lipinski definition) is 3. The first-order valence-electron chi connectivity index (χ1n) is 10.4. The van der Waals surface area contributed by atoms with Crippen molar-refractivity contribution in [2.45, 2.75) is 52.5 Å². The van der Waals surface area contributed by atoms with Crippen LogP contribution in [0.1, 0.15) is 57.3 Å². The van der Waals surface area contributed by atoms with Crippen LogP contribution >= 0.6 is 0 Å². The lowest BCUT2D eigenvalue weighted by Gasteiger charge is -2.36. The maximum atomic E-state index is 12.1. The number of nitrogens with zero attached hydrogens (tertiary/aromatic N) is 3. The highest BCUT2D eigenvalue weighted by Crippen LogP contribution is 2.23. The van der Waals surface area contributed by atoms with E-state index in [0.717, 1.165) is 12.8 Å². The first kappa shape index (κ1) is 23.6. The van der Waals surface area contributed by atoms with Crippen LogP contribution < -0.4 is 15.5 Å². The van der Waals surface area contributed by atoms with Gasteiger partial charge in [0.1, 0.15) is 11.4 Å². The summed E-state index contributed by atoms with van der Waals surface area (Å²) >= 11 is 0. The van der Waals surface area contributed by atoms with Gasteiger partial charge in [-0.1, -0.05) is 13.3 Å². The Labute approximate surface area is 177 Å². The van der Waals surface area contributed by atoms with Gasteiger partial charge >= 0.3 is 5.97 Å². The van der Waals surface area contributed by atoms with E-state index in [9.17, 15) is 19.5 Å². The lowest BCUT2D eigenvalue weighted by atomic mass is 10.1. The minimum Gasteiger partial charge on any atom is -0.478 e. The summed E-state index contributed by atoms with van der Waals surface area (Å²) in [6.45, 7) is 10.5. The van der Waals surface area contributed by atoms with E-state index >= 15 is 0 Å². The van der Waals surface area contributed by atoms with Crippen LogP contribution in [0.3, 0.4) is 0 Å². The number of rotatable bonds is 8. The third-order valence-corrected chi connectivity index (χ3v) is 4.69. The summed E-state index contributed by atoms with van der Waals surface area (Å²) in [6.07, 6.45) is 3.58. The number of amides is 2.